The summed E-state index contributed by atoms with van der Waals surface area (Å²) in [7, 11) is 0. The summed E-state index contributed by atoms with van der Waals surface area (Å²) >= 11 is 0. The number of anilines is 2. The maximum absolute atomic E-state index is 11.4. The van der Waals surface area contributed by atoms with Gasteiger partial charge in [0.2, 0.25) is 11.6 Å². The molecule has 0 aliphatic rings. The Labute approximate surface area is 128 Å². The first-order valence-electron chi connectivity index (χ1n) is 7.04. The van der Waals surface area contributed by atoms with Gasteiger partial charge in [-0.3, -0.25) is 15.1 Å². The lowest BCUT2D eigenvalue weighted by Gasteiger charge is -2.20. The van der Waals surface area contributed by atoms with Gasteiger partial charge in [-0.2, -0.15) is 0 Å². The molecule has 1 N–H and O–H groups in total. The molecule has 22 heavy (non-hydrogen) atoms. The molecule has 2 aromatic heterocycles. The van der Waals surface area contributed by atoms with Crippen LogP contribution in [0.4, 0.5) is 17.3 Å². The summed E-state index contributed by atoms with van der Waals surface area (Å²) in [5.41, 5.74) is 0.815. The Morgan fingerprint density at radius 3 is 2.68 bits per heavy atom. The summed E-state index contributed by atoms with van der Waals surface area (Å²) < 4.78 is 0. The first-order chi connectivity index (χ1) is 10.7. The smallest absolute Gasteiger partial charge is 0.353 e. The van der Waals surface area contributed by atoms with Gasteiger partial charge in [0.25, 0.3) is 0 Å². The molecule has 0 radical (unpaired) electrons. The molecule has 8 nitrogen and oxygen atoms in total. The van der Waals surface area contributed by atoms with Gasteiger partial charge in [0.1, 0.15) is 6.33 Å². The van der Waals surface area contributed by atoms with Gasteiger partial charge >= 0.3 is 5.69 Å². The largest absolute Gasteiger partial charge is 0.360 e. The van der Waals surface area contributed by atoms with E-state index in [0.29, 0.717) is 25.5 Å². The van der Waals surface area contributed by atoms with Crippen LogP contribution in [0.3, 0.4) is 0 Å². The van der Waals surface area contributed by atoms with Crippen molar-refractivity contribution < 1.29 is 4.92 Å². The van der Waals surface area contributed by atoms with Crippen molar-refractivity contribution in [1.82, 2.24) is 15.0 Å². The lowest BCUT2D eigenvalue weighted by Crippen LogP contribution is -2.24. The summed E-state index contributed by atoms with van der Waals surface area (Å²) in [6, 6.07) is 3.70. The van der Waals surface area contributed by atoms with Crippen molar-refractivity contribution in [3.8, 4) is 0 Å². The van der Waals surface area contributed by atoms with Gasteiger partial charge < -0.3 is 10.2 Å². The van der Waals surface area contributed by atoms with Crippen molar-refractivity contribution in [2.45, 2.75) is 20.4 Å². The quantitative estimate of drug-likeness (QED) is 0.618. The van der Waals surface area contributed by atoms with E-state index in [0.717, 1.165) is 5.56 Å². The zero-order valence-corrected chi connectivity index (χ0v) is 12.6. The van der Waals surface area contributed by atoms with E-state index in [9.17, 15) is 10.1 Å². The van der Waals surface area contributed by atoms with Crippen LogP contribution >= 0.6 is 0 Å². The second kappa shape index (κ2) is 7.30. The normalized spacial score (nSPS) is 10.3. The van der Waals surface area contributed by atoms with Crippen LogP contribution in [-0.4, -0.2) is 33.0 Å². The molecule has 8 heteroatoms. The molecular formula is C14H18N6O2. The fraction of sp³-hybridized carbons (Fsp3) is 0.357. The molecule has 0 amide bonds. The molecule has 2 heterocycles. The summed E-state index contributed by atoms with van der Waals surface area (Å²) in [4.78, 5) is 24.9. The minimum absolute atomic E-state index is 0.102. The summed E-state index contributed by atoms with van der Waals surface area (Å²) in [6.07, 6.45) is 4.71. The number of nitrogens with zero attached hydrogens (tertiary/aromatic N) is 5. The number of hydrogen-bond acceptors (Lipinski definition) is 7. The number of pyridine rings is 1. The van der Waals surface area contributed by atoms with Crippen molar-refractivity contribution >= 4 is 17.3 Å². The average molecular weight is 302 g/mol. The van der Waals surface area contributed by atoms with Crippen LogP contribution < -0.4 is 10.2 Å². The molecular weight excluding hydrogens is 284 g/mol. The van der Waals surface area contributed by atoms with E-state index in [1.54, 1.807) is 12.4 Å². The van der Waals surface area contributed by atoms with Gasteiger partial charge in [0.15, 0.2) is 0 Å². The molecule has 0 aliphatic carbocycles. The highest BCUT2D eigenvalue weighted by Crippen LogP contribution is 2.31. The van der Waals surface area contributed by atoms with E-state index in [-0.39, 0.29) is 11.5 Å². The fourth-order valence-corrected chi connectivity index (χ4v) is 2.11. The second-order valence-corrected chi connectivity index (χ2v) is 4.54. The Morgan fingerprint density at radius 1 is 1.32 bits per heavy atom. The molecule has 0 fully saturated rings. The Morgan fingerprint density at radius 2 is 2.09 bits per heavy atom. The van der Waals surface area contributed by atoms with Gasteiger partial charge in [0.05, 0.1) is 4.92 Å². The van der Waals surface area contributed by atoms with Crippen molar-refractivity contribution in [2.24, 2.45) is 0 Å². The Balaban J connectivity index is 2.30. The third kappa shape index (κ3) is 3.46. The standard InChI is InChI=1S/C14H18N6O2/c1-3-19(4-2)14-12(20(21)22)13(17-10-18-14)16-9-11-6-5-7-15-8-11/h5-8,10H,3-4,9H2,1-2H3,(H,16,17,18). The van der Waals surface area contributed by atoms with Crippen LogP contribution in [0.25, 0.3) is 0 Å². The first kappa shape index (κ1) is 15.6. The monoisotopic (exact) mass is 302 g/mol. The van der Waals surface area contributed by atoms with E-state index in [4.69, 9.17) is 0 Å². The highest BCUT2D eigenvalue weighted by molar-refractivity contribution is 5.70. The zero-order valence-electron chi connectivity index (χ0n) is 12.6. The molecule has 0 aromatic carbocycles. The molecule has 0 spiro atoms. The minimum atomic E-state index is -0.445. The zero-order chi connectivity index (χ0) is 15.9. The highest BCUT2D eigenvalue weighted by atomic mass is 16.6. The van der Waals surface area contributed by atoms with Crippen LogP contribution in [0.2, 0.25) is 0 Å². The van der Waals surface area contributed by atoms with Crippen molar-refractivity contribution in [2.75, 3.05) is 23.3 Å². The summed E-state index contributed by atoms with van der Waals surface area (Å²) in [5.74, 6) is 0.546. The maximum atomic E-state index is 11.4. The van der Waals surface area contributed by atoms with Crippen LogP contribution in [0.5, 0.6) is 0 Å². The maximum Gasteiger partial charge on any atom is 0.353 e. The number of aromatic nitrogens is 3. The number of hydrogen-bond donors (Lipinski definition) is 1. The second-order valence-electron chi connectivity index (χ2n) is 4.54. The van der Waals surface area contributed by atoms with E-state index < -0.39 is 4.92 Å². The molecule has 2 rings (SSSR count). The van der Waals surface area contributed by atoms with Crippen LogP contribution in [0, 0.1) is 10.1 Å². The molecule has 0 saturated heterocycles. The van der Waals surface area contributed by atoms with Crippen LogP contribution in [-0.2, 0) is 6.54 Å². The van der Waals surface area contributed by atoms with Gasteiger partial charge in [-0.15, -0.1) is 0 Å². The Hall–Kier alpha value is -2.77. The molecule has 0 saturated carbocycles. The summed E-state index contributed by atoms with van der Waals surface area (Å²) in [6.45, 7) is 5.53. The Bertz CT molecular complexity index is 630. The van der Waals surface area contributed by atoms with Gasteiger partial charge in [-0.05, 0) is 25.5 Å². The SMILES string of the molecule is CCN(CC)c1ncnc(NCc2cccnc2)c1[N+](=O)[O-]. The number of nitrogens with one attached hydrogen (secondary N) is 1. The van der Waals surface area contributed by atoms with Crippen LogP contribution in [0.1, 0.15) is 19.4 Å². The molecule has 116 valence electrons. The molecule has 0 bridgehead atoms. The highest BCUT2D eigenvalue weighted by Gasteiger charge is 2.25. The Kier molecular flexibility index (Phi) is 5.18. The lowest BCUT2D eigenvalue weighted by molar-refractivity contribution is -0.383. The lowest BCUT2D eigenvalue weighted by atomic mass is 10.3. The number of rotatable bonds is 7. The van der Waals surface area contributed by atoms with E-state index in [1.807, 2.05) is 30.9 Å². The first-order valence-corrected chi connectivity index (χ1v) is 7.04. The van der Waals surface area contributed by atoms with E-state index in [1.165, 1.54) is 6.33 Å². The van der Waals surface area contributed by atoms with E-state index >= 15 is 0 Å². The van der Waals surface area contributed by atoms with Gasteiger partial charge in [-0.25, -0.2) is 9.97 Å². The average Bonchev–Trinajstić information content (AvgIpc) is 2.55. The third-order valence-electron chi connectivity index (χ3n) is 3.23. The fourth-order valence-electron chi connectivity index (χ4n) is 2.11. The van der Waals surface area contributed by atoms with E-state index in [2.05, 4.69) is 20.3 Å². The molecule has 0 unspecified atom stereocenters. The predicted molar refractivity (Wildman–Crippen MR) is 83.8 cm³/mol. The van der Waals surface area contributed by atoms with Crippen molar-refractivity contribution in [3.05, 3.63) is 46.5 Å². The minimum Gasteiger partial charge on any atom is -0.360 e. The van der Waals surface area contributed by atoms with Crippen molar-refractivity contribution in [1.29, 1.82) is 0 Å². The van der Waals surface area contributed by atoms with Crippen molar-refractivity contribution in [3.63, 3.8) is 0 Å². The third-order valence-corrected chi connectivity index (χ3v) is 3.23. The molecule has 2 aromatic rings. The number of nitro groups is 1. The summed E-state index contributed by atoms with van der Waals surface area (Å²) in [5, 5.41) is 14.4. The molecule has 0 aliphatic heterocycles. The topological polar surface area (TPSA) is 97.1 Å². The van der Waals surface area contributed by atoms with Gasteiger partial charge in [0, 0.05) is 32.0 Å². The van der Waals surface area contributed by atoms with Gasteiger partial charge in [-0.1, -0.05) is 6.07 Å². The predicted octanol–water partition coefficient (Wildman–Crippen LogP) is 2.24. The van der Waals surface area contributed by atoms with Crippen LogP contribution in [0.15, 0.2) is 30.9 Å². The molecule has 0 atom stereocenters.